The Morgan fingerprint density at radius 3 is 2.54 bits per heavy atom. The van der Waals surface area contributed by atoms with Gasteiger partial charge < -0.3 is 10.1 Å². The number of anilines is 1. The molecule has 2 aromatic carbocycles. The van der Waals surface area contributed by atoms with Crippen LogP contribution in [0.4, 0.5) is 5.69 Å². The summed E-state index contributed by atoms with van der Waals surface area (Å²) in [5.41, 5.74) is 1.43. The second-order valence-electron chi connectivity index (χ2n) is 5.98. The van der Waals surface area contributed by atoms with Crippen LogP contribution in [-0.4, -0.2) is 24.5 Å². The molecule has 2 N–H and O–H groups in total. The molecular weight excluding hydrogens is 375 g/mol. The van der Waals surface area contributed by atoms with Gasteiger partial charge in [0, 0.05) is 10.6 Å². The van der Waals surface area contributed by atoms with Crippen molar-refractivity contribution >= 4 is 40.7 Å². The van der Waals surface area contributed by atoms with Crippen molar-refractivity contribution in [3.8, 4) is 5.75 Å². The molecule has 26 heavy (non-hydrogen) atoms. The Bertz CT molecular complexity index is 824. The van der Waals surface area contributed by atoms with Crippen molar-refractivity contribution in [2.24, 2.45) is 0 Å². The quantitative estimate of drug-likeness (QED) is 0.767. The van der Waals surface area contributed by atoms with Gasteiger partial charge in [0.05, 0.1) is 23.7 Å². The highest BCUT2D eigenvalue weighted by atomic mass is 35.5. The molecule has 0 unspecified atom stereocenters. The van der Waals surface area contributed by atoms with Crippen molar-refractivity contribution < 1.29 is 19.6 Å². The molecule has 5 nitrogen and oxygen atoms in total. The third-order valence-corrected chi connectivity index (χ3v) is 4.81. The van der Waals surface area contributed by atoms with E-state index in [0.29, 0.717) is 34.6 Å². The van der Waals surface area contributed by atoms with Crippen LogP contribution in [0.1, 0.15) is 18.9 Å². The summed E-state index contributed by atoms with van der Waals surface area (Å²) in [5.74, 6) is 0.280. The standard InChI is InChI=1S/C19H18Cl2N2O3/c1-2-26-15-7-5-14(6-8-15)23-18(24)10-17(19(23)25)22-11-12-3-4-13(20)9-16(12)21/h3-9,17,22H,2,10-11H2,1H3/p+1/t17-/m0/s1. The van der Waals surface area contributed by atoms with Crippen LogP contribution < -0.4 is 15.0 Å². The van der Waals surface area contributed by atoms with E-state index in [9.17, 15) is 9.59 Å². The van der Waals surface area contributed by atoms with Crippen molar-refractivity contribution in [3.63, 3.8) is 0 Å². The van der Waals surface area contributed by atoms with Crippen LogP contribution in [-0.2, 0) is 16.1 Å². The SMILES string of the molecule is CCOc1ccc(N2C(=O)C[C@H]([NH2+]Cc3ccc(Cl)cc3Cl)C2=O)cc1. The lowest BCUT2D eigenvalue weighted by Gasteiger charge is -2.15. The van der Waals surface area contributed by atoms with Crippen molar-refractivity contribution in [3.05, 3.63) is 58.1 Å². The Balaban J connectivity index is 1.68. The highest BCUT2D eigenvalue weighted by Crippen LogP contribution is 2.25. The van der Waals surface area contributed by atoms with Crippen LogP contribution >= 0.6 is 23.2 Å². The summed E-state index contributed by atoms with van der Waals surface area (Å²) in [4.78, 5) is 26.3. The number of ether oxygens (including phenoxy) is 1. The first-order valence-corrected chi connectivity index (χ1v) is 9.12. The number of hydrogen-bond donors (Lipinski definition) is 1. The number of amides is 2. The maximum absolute atomic E-state index is 12.7. The highest BCUT2D eigenvalue weighted by molar-refractivity contribution is 6.35. The molecule has 3 rings (SSSR count). The number of imide groups is 1. The van der Waals surface area contributed by atoms with Crippen molar-refractivity contribution in [1.29, 1.82) is 0 Å². The molecule has 0 aliphatic carbocycles. The largest absolute Gasteiger partial charge is 0.494 e. The minimum Gasteiger partial charge on any atom is -0.494 e. The van der Waals surface area contributed by atoms with Crippen LogP contribution in [0, 0.1) is 0 Å². The fourth-order valence-corrected chi connectivity index (χ4v) is 3.41. The summed E-state index contributed by atoms with van der Waals surface area (Å²) >= 11 is 12.1. The van der Waals surface area contributed by atoms with Gasteiger partial charge in [0.15, 0.2) is 6.04 Å². The topological polar surface area (TPSA) is 63.2 Å². The van der Waals surface area contributed by atoms with Crippen LogP contribution in [0.3, 0.4) is 0 Å². The normalized spacial score (nSPS) is 17.0. The molecule has 1 fully saturated rings. The average Bonchev–Trinajstić information content (AvgIpc) is 2.89. The molecule has 7 heteroatoms. The fourth-order valence-electron chi connectivity index (χ4n) is 2.93. The lowest BCUT2D eigenvalue weighted by atomic mass is 10.2. The Morgan fingerprint density at radius 1 is 1.15 bits per heavy atom. The number of nitrogens with zero attached hydrogens (tertiary/aromatic N) is 1. The molecule has 0 aromatic heterocycles. The lowest BCUT2D eigenvalue weighted by molar-refractivity contribution is -0.690. The third kappa shape index (κ3) is 4.01. The molecule has 0 spiro atoms. The van der Waals surface area contributed by atoms with E-state index in [-0.39, 0.29) is 18.2 Å². The van der Waals surface area contributed by atoms with Gasteiger partial charge in [-0.3, -0.25) is 9.59 Å². The zero-order valence-electron chi connectivity index (χ0n) is 14.2. The number of carbonyl (C=O) groups is 2. The molecule has 0 bridgehead atoms. The second kappa shape index (κ2) is 8.08. The summed E-state index contributed by atoms with van der Waals surface area (Å²) in [6.45, 7) is 2.96. The van der Waals surface area contributed by atoms with E-state index in [1.807, 2.05) is 18.3 Å². The number of halogens is 2. The highest BCUT2D eigenvalue weighted by Gasteiger charge is 2.42. The van der Waals surface area contributed by atoms with Gasteiger partial charge in [-0.15, -0.1) is 0 Å². The Morgan fingerprint density at radius 2 is 1.88 bits per heavy atom. The summed E-state index contributed by atoms with van der Waals surface area (Å²) in [7, 11) is 0. The third-order valence-electron chi connectivity index (χ3n) is 4.22. The van der Waals surface area contributed by atoms with Crippen molar-refractivity contribution in [2.75, 3.05) is 11.5 Å². The first-order chi connectivity index (χ1) is 12.5. The summed E-state index contributed by atoms with van der Waals surface area (Å²) in [6.07, 6.45) is 0.164. The fraction of sp³-hybridized carbons (Fsp3) is 0.263. The average molecular weight is 394 g/mol. The molecule has 0 radical (unpaired) electrons. The van der Waals surface area contributed by atoms with Gasteiger partial charge in [-0.05, 0) is 43.3 Å². The number of hydrogen-bond acceptors (Lipinski definition) is 3. The molecule has 2 amide bonds. The summed E-state index contributed by atoms with van der Waals surface area (Å²) < 4.78 is 5.39. The molecule has 1 saturated heterocycles. The maximum atomic E-state index is 12.7. The second-order valence-corrected chi connectivity index (χ2v) is 6.82. The minimum absolute atomic E-state index is 0.164. The number of quaternary nitrogens is 1. The molecule has 136 valence electrons. The monoisotopic (exact) mass is 393 g/mol. The zero-order valence-corrected chi connectivity index (χ0v) is 15.8. The van der Waals surface area contributed by atoms with E-state index >= 15 is 0 Å². The Kier molecular flexibility index (Phi) is 5.81. The number of nitrogens with two attached hydrogens (primary N) is 1. The van der Waals surface area contributed by atoms with E-state index in [1.54, 1.807) is 36.4 Å². The van der Waals surface area contributed by atoms with Crippen molar-refractivity contribution in [1.82, 2.24) is 0 Å². The summed E-state index contributed by atoms with van der Waals surface area (Å²) in [5, 5.41) is 2.95. The van der Waals surface area contributed by atoms with E-state index in [1.165, 1.54) is 4.90 Å². The Labute approximate surface area is 161 Å². The van der Waals surface area contributed by atoms with Crippen LogP contribution in [0.15, 0.2) is 42.5 Å². The molecule has 0 saturated carbocycles. The lowest BCUT2D eigenvalue weighted by Crippen LogP contribution is -2.90. The van der Waals surface area contributed by atoms with Gasteiger partial charge in [0.2, 0.25) is 5.91 Å². The van der Waals surface area contributed by atoms with Crippen LogP contribution in [0.2, 0.25) is 10.0 Å². The van der Waals surface area contributed by atoms with Crippen LogP contribution in [0.25, 0.3) is 0 Å². The van der Waals surface area contributed by atoms with E-state index in [0.717, 1.165) is 5.56 Å². The van der Waals surface area contributed by atoms with Crippen molar-refractivity contribution in [2.45, 2.75) is 25.9 Å². The van der Waals surface area contributed by atoms with E-state index < -0.39 is 6.04 Å². The Hall–Kier alpha value is -2.08. The maximum Gasteiger partial charge on any atom is 0.292 e. The molecular formula is C19H19Cl2N2O3+. The van der Waals surface area contributed by atoms with Gasteiger partial charge in [0.25, 0.3) is 5.91 Å². The van der Waals surface area contributed by atoms with Crippen LogP contribution in [0.5, 0.6) is 5.75 Å². The van der Waals surface area contributed by atoms with Gasteiger partial charge in [0.1, 0.15) is 12.3 Å². The number of benzene rings is 2. The minimum atomic E-state index is -0.458. The molecule has 1 aliphatic rings. The number of rotatable bonds is 6. The van der Waals surface area contributed by atoms with E-state index in [4.69, 9.17) is 27.9 Å². The molecule has 1 heterocycles. The van der Waals surface area contributed by atoms with Gasteiger partial charge in [-0.25, -0.2) is 4.90 Å². The van der Waals surface area contributed by atoms with Gasteiger partial charge in [-0.2, -0.15) is 0 Å². The predicted octanol–water partition coefficient (Wildman–Crippen LogP) is 2.79. The first-order valence-electron chi connectivity index (χ1n) is 8.36. The predicted molar refractivity (Wildman–Crippen MR) is 101 cm³/mol. The molecule has 2 aromatic rings. The molecule has 1 atom stereocenters. The first kappa shape index (κ1) is 18.7. The van der Waals surface area contributed by atoms with E-state index in [2.05, 4.69) is 0 Å². The van der Waals surface area contributed by atoms with Gasteiger partial charge >= 0.3 is 0 Å². The van der Waals surface area contributed by atoms with Gasteiger partial charge in [-0.1, -0.05) is 29.3 Å². The number of carbonyl (C=O) groups excluding carboxylic acids is 2. The zero-order chi connectivity index (χ0) is 18.7. The molecule has 1 aliphatic heterocycles. The summed E-state index contributed by atoms with van der Waals surface area (Å²) in [6, 6.07) is 11.7. The smallest absolute Gasteiger partial charge is 0.292 e.